The summed E-state index contributed by atoms with van der Waals surface area (Å²) in [5.74, 6) is -0.0773. The molecule has 43 heavy (non-hydrogen) atoms. The van der Waals surface area contributed by atoms with Crippen LogP contribution in [0.15, 0.2) is 12.2 Å². The lowest BCUT2D eigenvalue weighted by Crippen LogP contribution is -2.51. The normalized spacial score (nSPS) is 12.2. The maximum absolute atomic E-state index is 12.6. The second kappa shape index (κ2) is 35.1. The maximum atomic E-state index is 12.6. The molecule has 0 aliphatic rings. The van der Waals surface area contributed by atoms with E-state index in [1.54, 1.807) is 0 Å². The average molecular weight is 606 g/mol. The number of hydrogen-bond donors (Lipinski definition) is 3. The summed E-state index contributed by atoms with van der Waals surface area (Å²) < 4.78 is 0. The first-order valence-corrected chi connectivity index (χ1v) is 19.0. The lowest BCUT2D eigenvalue weighted by molar-refractivity contribution is -0.129. The van der Waals surface area contributed by atoms with Gasteiger partial charge in [-0.05, 0) is 45.6 Å². The Morgan fingerprint density at radius 2 is 0.930 bits per heavy atom. The quantitative estimate of drug-likeness (QED) is 0.0505. The number of nitrogens with one attached hydrogen (secondary N) is 3. The standard InChI is InChI=1S/C38H75N3O2/c1-4-6-8-10-12-14-16-18-20-21-23-25-27-29-31-33-37(42)41-36(35-39-3)38(43)40-34-32-30-28-26-24-22-19-17-15-13-11-9-7-5-2/h18,20,36,39H,4-17,19,21-35H2,1-3H3,(H,40,43)(H,41,42)/b20-18+. The minimum absolute atomic E-state index is 0.00970. The molecule has 0 spiro atoms. The molecule has 0 bridgehead atoms. The zero-order valence-corrected chi connectivity index (χ0v) is 29.3. The van der Waals surface area contributed by atoms with Crippen LogP contribution in [0.2, 0.25) is 0 Å². The Labute approximate surface area is 269 Å². The Hall–Kier alpha value is -1.36. The fraction of sp³-hybridized carbons (Fsp3) is 0.895. The molecule has 0 saturated heterocycles. The second-order valence-electron chi connectivity index (χ2n) is 12.9. The predicted octanol–water partition coefficient (Wildman–Crippen LogP) is 10.3. The molecule has 0 aromatic rings. The van der Waals surface area contributed by atoms with E-state index in [2.05, 4.69) is 41.9 Å². The second-order valence-corrected chi connectivity index (χ2v) is 12.9. The van der Waals surface area contributed by atoms with E-state index < -0.39 is 6.04 Å². The molecular weight excluding hydrogens is 530 g/mol. The number of rotatable bonds is 34. The van der Waals surface area contributed by atoms with Gasteiger partial charge in [-0.1, -0.05) is 161 Å². The van der Waals surface area contributed by atoms with E-state index in [0.29, 0.717) is 19.5 Å². The average Bonchev–Trinajstić information content (AvgIpc) is 3.00. The highest BCUT2D eigenvalue weighted by atomic mass is 16.2. The van der Waals surface area contributed by atoms with Gasteiger partial charge in [0.1, 0.15) is 6.04 Å². The van der Waals surface area contributed by atoms with Crippen molar-refractivity contribution in [2.24, 2.45) is 0 Å². The van der Waals surface area contributed by atoms with Gasteiger partial charge in [-0.25, -0.2) is 0 Å². The van der Waals surface area contributed by atoms with Crippen LogP contribution in [0, 0.1) is 0 Å². The first-order chi connectivity index (χ1) is 21.2. The van der Waals surface area contributed by atoms with Crippen LogP contribution in [0.5, 0.6) is 0 Å². The van der Waals surface area contributed by atoms with Crippen LogP contribution in [-0.2, 0) is 9.59 Å². The van der Waals surface area contributed by atoms with Crippen LogP contribution in [0.3, 0.4) is 0 Å². The molecule has 254 valence electrons. The van der Waals surface area contributed by atoms with E-state index in [9.17, 15) is 9.59 Å². The topological polar surface area (TPSA) is 70.2 Å². The van der Waals surface area contributed by atoms with Gasteiger partial charge in [0, 0.05) is 19.5 Å². The van der Waals surface area contributed by atoms with Gasteiger partial charge >= 0.3 is 0 Å². The molecule has 0 aliphatic carbocycles. The molecule has 0 radical (unpaired) electrons. The van der Waals surface area contributed by atoms with Crippen molar-refractivity contribution in [2.75, 3.05) is 20.1 Å². The van der Waals surface area contributed by atoms with Gasteiger partial charge in [-0.15, -0.1) is 0 Å². The number of allylic oxidation sites excluding steroid dienone is 2. The molecule has 0 aliphatic heterocycles. The molecule has 2 amide bonds. The molecule has 1 unspecified atom stereocenters. The van der Waals surface area contributed by atoms with E-state index in [-0.39, 0.29) is 11.8 Å². The Bertz CT molecular complexity index is 622. The first-order valence-electron chi connectivity index (χ1n) is 19.0. The fourth-order valence-electron chi connectivity index (χ4n) is 5.69. The zero-order valence-electron chi connectivity index (χ0n) is 29.3. The summed E-state index contributed by atoms with van der Waals surface area (Å²) in [7, 11) is 1.82. The van der Waals surface area contributed by atoms with Gasteiger partial charge < -0.3 is 16.0 Å². The van der Waals surface area contributed by atoms with Crippen LogP contribution in [0.4, 0.5) is 0 Å². The summed E-state index contributed by atoms with van der Waals surface area (Å²) in [5.41, 5.74) is 0. The minimum Gasteiger partial charge on any atom is -0.354 e. The summed E-state index contributed by atoms with van der Waals surface area (Å²) in [4.78, 5) is 25.1. The van der Waals surface area contributed by atoms with E-state index in [0.717, 1.165) is 25.7 Å². The minimum atomic E-state index is -0.493. The molecule has 1 atom stereocenters. The van der Waals surface area contributed by atoms with Crippen molar-refractivity contribution < 1.29 is 9.59 Å². The van der Waals surface area contributed by atoms with Crippen molar-refractivity contribution in [2.45, 2.75) is 200 Å². The summed E-state index contributed by atoms with van der Waals surface area (Å²) >= 11 is 0. The number of carbonyl (C=O) groups is 2. The van der Waals surface area contributed by atoms with E-state index >= 15 is 0 Å². The Balaban J connectivity index is 3.67. The van der Waals surface area contributed by atoms with Gasteiger partial charge in [0.2, 0.25) is 11.8 Å². The first kappa shape index (κ1) is 41.6. The van der Waals surface area contributed by atoms with E-state index in [1.165, 1.54) is 148 Å². The van der Waals surface area contributed by atoms with Crippen molar-refractivity contribution in [3.05, 3.63) is 12.2 Å². The molecule has 0 aromatic carbocycles. The molecule has 0 saturated carbocycles. The highest BCUT2D eigenvalue weighted by Gasteiger charge is 2.19. The third-order valence-electron chi connectivity index (χ3n) is 8.56. The van der Waals surface area contributed by atoms with Crippen molar-refractivity contribution >= 4 is 11.8 Å². The number of hydrogen-bond acceptors (Lipinski definition) is 3. The Kier molecular flexibility index (Phi) is 34.0. The number of amides is 2. The third kappa shape index (κ3) is 31.9. The van der Waals surface area contributed by atoms with Gasteiger partial charge in [-0.3, -0.25) is 9.59 Å². The Morgan fingerprint density at radius 3 is 1.37 bits per heavy atom. The van der Waals surface area contributed by atoms with Crippen LogP contribution in [0.1, 0.15) is 194 Å². The molecule has 0 heterocycles. The van der Waals surface area contributed by atoms with Crippen LogP contribution in [-0.4, -0.2) is 38.0 Å². The number of likely N-dealkylation sites (N-methyl/N-ethyl adjacent to an activating group) is 1. The summed E-state index contributed by atoms with van der Waals surface area (Å²) in [6.45, 7) is 5.70. The lowest BCUT2D eigenvalue weighted by Gasteiger charge is -2.18. The molecular formula is C38H75N3O2. The summed E-state index contributed by atoms with van der Waals surface area (Å²) in [6, 6.07) is -0.493. The maximum Gasteiger partial charge on any atom is 0.243 e. The SMILES string of the molecule is CCCCCCCC/C=C/CCCCCCCC(=O)NC(CNC)C(=O)NCCCCCCCCCCCCCCCC. The lowest BCUT2D eigenvalue weighted by atomic mass is 10.0. The van der Waals surface area contributed by atoms with Crippen molar-refractivity contribution in [1.82, 2.24) is 16.0 Å². The van der Waals surface area contributed by atoms with Gasteiger partial charge in [-0.2, -0.15) is 0 Å². The van der Waals surface area contributed by atoms with Crippen molar-refractivity contribution in [3.8, 4) is 0 Å². The predicted molar refractivity (Wildman–Crippen MR) is 189 cm³/mol. The molecule has 0 fully saturated rings. The van der Waals surface area contributed by atoms with Crippen LogP contribution < -0.4 is 16.0 Å². The zero-order chi connectivity index (χ0) is 31.5. The van der Waals surface area contributed by atoms with Crippen molar-refractivity contribution in [1.29, 1.82) is 0 Å². The van der Waals surface area contributed by atoms with Crippen LogP contribution in [0.25, 0.3) is 0 Å². The number of carbonyl (C=O) groups excluding carboxylic acids is 2. The van der Waals surface area contributed by atoms with Crippen molar-refractivity contribution in [3.63, 3.8) is 0 Å². The molecule has 3 N–H and O–H groups in total. The monoisotopic (exact) mass is 606 g/mol. The van der Waals surface area contributed by atoms with E-state index in [1.807, 2.05) is 7.05 Å². The molecule has 0 aromatic heterocycles. The van der Waals surface area contributed by atoms with Gasteiger partial charge in [0.25, 0.3) is 0 Å². The van der Waals surface area contributed by atoms with Gasteiger partial charge in [0.05, 0.1) is 0 Å². The largest absolute Gasteiger partial charge is 0.354 e. The molecule has 5 nitrogen and oxygen atoms in total. The third-order valence-corrected chi connectivity index (χ3v) is 8.56. The van der Waals surface area contributed by atoms with E-state index in [4.69, 9.17) is 0 Å². The fourth-order valence-corrected chi connectivity index (χ4v) is 5.69. The highest BCUT2D eigenvalue weighted by Crippen LogP contribution is 2.13. The summed E-state index contributed by atoms with van der Waals surface area (Å²) in [6.07, 6.45) is 40.1. The molecule has 5 heteroatoms. The van der Waals surface area contributed by atoms with Crippen LogP contribution >= 0.6 is 0 Å². The molecule has 0 rings (SSSR count). The van der Waals surface area contributed by atoms with Gasteiger partial charge in [0.15, 0.2) is 0 Å². The summed E-state index contributed by atoms with van der Waals surface area (Å²) in [5, 5.41) is 9.04. The number of unbranched alkanes of at least 4 members (excludes halogenated alkanes) is 24. The Morgan fingerprint density at radius 1 is 0.535 bits per heavy atom. The highest BCUT2D eigenvalue weighted by molar-refractivity contribution is 5.87. The smallest absolute Gasteiger partial charge is 0.243 e.